The summed E-state index contributed by atoms with van der Waals surface area (Å²) in [7, 11) is -3.54. The molecule has 0 aliphatic heterocycles. The lowest BCUT2D eigenvalue weighted by molar-refractivity contribution is -0.143. The van der Waals surface area contributed by atoms with E-state index in [9.17, 15) is 13.2 Å². The molecule has 6 heteroatoms. The number of carbonyl (C=O) groups excluding carboxylic acids is 1. The molecule has 0 bridgehead atoms. The number of aryl methyl sites for hydroxylation is 1. The minimum atomic E-state index is -3.54. The largest absolute Gasteiger partial charge is 0.465 e. The Morgan fingerprint density at radius 2 is 1.90 bits per heavy atom. The molecule has 118 valence electrons. The van der Waals surface area contributed by atoms with E-state index >= 15 is 0 Å². The lowest BCUT2D eigenvalue weighted by Gasteiger charge is -2.21. The van der Waals surface area contributed by atoms with Gasteiger partial charge in [0.15, 0.2) is 0 Å². The van der Waals surface area contributed by atoms with Crippen molar-refractivity contribution in [1.82, 2.24) is 4.31 Å². The van der Waals surface area contributed by atoms with E-state index in [1.807, 2.05) is 32.0 Å². The molecule has 1 aromatic carbocycles. The standard InChI is InChI=1S/C15H23NO4S/c1-4-10-16(11-15(17)20-5-2)21(18,19)12-14-9-7-6-8-13(14)3/h6-9H,4-5,10-12H2,1-3H3. The van der Waals surface area contributed by atoms with Crippen molar-refractivity contribution in [1.29, 1.82) is 0 Å². The van der Waals surface area contributed by atoms with Crippen molar-refractivity contribution in [2.45, 2.75) is 32.9 Å². The van der Waals surface area contributed by atoms with Gasteiger partial charge in [-0.15, -0.1) is 0 Å². The Bertz CT molecular complexity index is 569. The average molecular weight is 313 g/mol. The molecule has 0 aliphatic rings. The first-order valence-corrected chi connectivity index (χ1v) is 8.69. The molecule has 0 spiro atoms. The Labute approximate surface area is 127 Å². The molecule has 0 aliphatic carbocycles. The van der Waals surface area contributed by atoms with Gasteiger partial charge in [-0.3, -0.25) is 4.79 Å². The van der Waals surface area contributed by atoms with Crippen LogP contribution in [0.2, 0.25) is 0 Å². The third-order valence-electron chi connectivity index (χ3n) is 3.08. The molecular weight excluding hydrogens is 290 g/mol. The van der Waals surface area contributed by atoms with Crippen molar-refractivity contribution in [2.24, 2.45) is 0 Å². The van der Waals surface area contributed by atoms with Gasteiger partial charge in [0.1, 0.15) is 6.54 Å². The van der Waals surface area contributed by atoms with Crippen LogP contribution in [0.15, 0.2) is 24.3 Å². The molecule has 0 saturated heterocycles. The molecule has 5 nitrogen and oxygen atoms in total. The molecule has 0 saturated carbocycles. The summed E-state index contributed by atoms with van der Waals surface area (Å²) in [5.41, 5.74) is 1.68. The van der Waals surface area contributed by atoms with Crippen molar-refractivity contribution in [3.8, 4) is 0 Å². The predicted molar refractivity (Wildman–Crippen MR) is 82.3 cm³/mol. The molecule has 0 radical (unpaired) electrons. The summed E-state index contributed by atoms with van der Waals surface area (Å²) >= 11 is 0. The maximum Gasteiger partial charge on any atom is 0.321 e. The van der Waals surface area contributed by atoms with E-state index in [0.29, 0.717) is 13.0 Å². The normalized spacial score (nSPS) is 11.6. The molecule has 1 aromatic rings. The van der Waals surface area contributed by atoms with Crippen molar-refractivity contribution < 1.29 is 17.9 Å². The van der Waals surface area contributed by atoms with Gasteiger partial charge in [0, 0.05) is 6.54 Å². The van der Waals surface area contributed by atoms with E-state index in [0.717, 1.165) is 11.1 Å². The number of hydrogen-bond donors (Lipinski definition) is 0. The van der Waals surface area contributed by atoms with Gasteiger partial charge in [0.25, 0.3) is 0 Å². The second-order valence-electron chi connectivity index (χ2n) is 4.82. The van der Waals surface area contributed by atoms with Gasteiger partial charge in [-0.2, -0.15) is 4.31 Å². The van der Waals surface area contributed by atoms with Crippen LogP contribution in [0.3, 0.4) is 0 Å². The van der Waals surface area contributed by atoms with E-state index in [2.05, 4.69) is 0 Å². The number of rotatable bonds is 8. The number of nitrogens with zero attached hydrogens (tertiary/aromatic N) is 1. The summed E-state index contributed by atoms with van der Waals surface area (Å²) in [5.74, 6) is -0.613. The highest BCUT2D eigenvalue weighted by Gasteiger charge is 2.25. The van der Waals surface area contributed by atoms with Crippen LogP contribution in [0.1, 0.15) is 31.4 Å². The van der Waals surface area contributed by atoms with Crippen LogP contribution < -0.4 is 0 Å². The van der Waals surface area contributed by atoms with Crippen molar-refractivity contribution >= 4 is 16.0 Å². The molecule has 0 N–H and O–H groups in total. The summed E-state index contributed by atoms with van der Waals surface area (Å²) in [6, 6.07) is 7.35. The van der Waals surface area contributed by atoms with E-state index in [4.69, 9.17) is 4.74 Å². The first-order chi connectivity index (χ1) is 9.90. The molecule has 21 heavy (non-hydrogen) atoms. The van der Waals surface area contributed by atoms with Gasteiger partial charge in [0.2, 0.25) is 10.0 Å². The highest BCUT2D eigenvalue weighted by Crippen LogP contribution is 2.15. The number of benzene rings is 1. The van der Waals surface area contributed by atoms with Crippen molar-refractivity contribution in [3.63, 3.8) is 0 Å². The molecule has 0 aromatic heterocycles. The molecule has 1 rings (SSSR count). The summed E-state index contributed by atoms with van der Waals surface area (Å²) in [6.45, 7) is 5.78. The minimum Gasteiger partial charge on any atom is -0.465 e. The molecule has 0 unspecified atom stereocenters. The maximum absolute atomic E-state index is 12.5. The van der Waals surface area contributed by atoms with Crippen LogP contribution in [0.5, 0.6) is 0 Å². The van der Waals surface area contributed by atoms with Crippen LogP contribution in [-0.4, -0.2) is 38.4 Å². The fraction of sp³-hybridized carbons (Fsp3) is 0.533. The highest BCUT2D eigenvalue weighted by molar-refractivity contribution is 7.88. The molecule has 0 fully saturated rings. The van der Waals surface area contributed by atoms with Crippen LogP contribution in [-0.2, 0) is 25.3 Å². The number of carbonyl (C=O) groups is 1. The molecular formula is C15H23NO4S. The maximum atomic E-state index is 12.5. The number of hydrogen-bond acceptors (Lipinski definition) is 4. The fourth-order valence-electron chi connectivity index (χ4n) is 1.98. The van der Waals surface area contributed by atoms with Crippen LogP contribution in [0.4, 0.5) is 0 Å². The Kier molecular flexibility index (Phi) is 6.84. The monoisotopic (exact) mass is 313 g/mol. The average Bonchev–Trinajstić information content (AvgIpc) is 2.41. The Balaban J connectivity index is 2.89. The van der Waals surface area contributed by atoms with Gasteiger partial charge >= 0.3 is 5.97 Å². The van der Waals surface area contributed by atoms with Gasteiger partial charge < -0.3 is 4.74 Å². The summed E-state index contributed by atoms with van der Waals surface area (Å²) < 4.78 is 31.0. The topological polar surface area (TPSA) is 63.7 Å². The summed E-state index contributed by atoms with van der Waals surface area (Å²) in [6.07, 6.45) is 0.645. The third kappa shape index (κ3) is 5.47. The van der Waals surface area contributed by atoms with Crippen molar-refractivity contribution in [3.05, 3.63) is 35.4 Å². The first-order valence-electron chi connectivity index (χ1n) is 7.08. The van der Waals surface area contributed by atoms with Gasteiger partial charge in [-0.25, -0.2) is 8.42 Å². The second-order valence-corrected chi connectivity index (χ2v) is 6.79. The lowest BCUT2D eigenvalue weighted by Crippen LogP contribution is -2.37. The highest BCUT2D eigenvalue weighted by atomic mass is 32.2. The third-order valence-corrected chi connectivity index (χ3v) is 4.85. The summed E-state index contributed by atoms with van der Waals surface area (Å²) in [4.78, 5) is 11.6. The Morgan fingerprint density at radius 3 is 2.48 bits per heavy atom. The van der Waals surface area contributed by atoms with Crippen molar-refractivity contribution in [2.75, 3.05) is 19.7 Å². The zero-order valence-corrected chi connectivity index (χ0v) is 13.6. The smallest absolute Gasteiger partial charge is 0.321 e. The van der Waals surface area contributed by atoms with Gasteiger partial charge in [0.05, 0.1) is 12.4 Å². The predicted octanol–water partition coefficient (Wildman–Crippen LogP) is 2.10. The molecule has 0 atom stereocenters. The van der Waals surface area contributed by atoms with E-state index < -0.39 is 16.0 Å². The fourth-order valence-corrected chi connectivity index (χ4v) is 3.64. The van der Waals surface area contributed by atoms with Crippen LogP contribution in [0.25, 0.3) is 0 Å². The van der Waals surface area contributed by atoms with E-state index in [1.165, 1.54) is 4.31 Å². The van der Waals surface area contributed by atoms with Gasteiger partial charge in [-0.1, -0.05) is 31.2 Å². The van der Waals surface area contributed by atoms with Crippen LogP contribution in [0, 0.1) is 6.92 Å². The summed E-state index contributed by atoms with van der Waals surface area (Å²) in [5, 5.41) is 0. The number of esters is 1. The number of sulfonamides is 1. The Hall–Kier alpha value is -1.40. The molecule has 0 heterocycles. The lowest BCUT2D eigenvalue weighted by atomic mass is 10.1. The zero-order chi connectivity index (χ0) is 15.9. The quantitative estimate of drug-likeness (QED) is 0.690. The zero-order valence-electron chi connectivity index (χ0n) is 12.8. The minimum absolute atomic E-state index is 0.0981. The first kappa shape index (κ1) is 17.7. The molecule has 0 amide bonds. The van der Waals surface area contributed by atoms with E-state index in [-0.39, 0.29) is 18.9 Å². The van der Waals surface area contributed by atoms with Gasteiger partial charge in [-0.05, 0) is 31.4 Å². The Morgan fingerprint density at radius 1 is 1.24 bits per heavy atom. The SMILES string of the molecule is CCCN(CC(=O)OCC)S(=O)(=O)Cc1ccccc1C. The second kappa shape index (κ2) is 8.14. The van der Waals surface area contributed by atoms with E-state index in [1.54, 1.807) is 13.0 Å². The number of ether oxygens (including phenoxy) is 1. The van der Waals surface area contributed by atoms with Crippen LogP contribution >= 0.6 is 0 Å².